The second-order valence-electron chi connectivity index (χ2n) is 7.53. The van der Waals surface area contributed by atoms with Gasteiger partial charge >= 0.3 is 6.18 Å². The van der Waals surface area contributed by atoms with E-state index in [-0.39, 0.29) is 42.4 Å². The first kappa shape index (κ1) is 19.7. The second kappa shape index (κ2) is 7.05. The summed E-state index contributed by atoms with van der Waals surface area (Å²) in [5.41, 5.74) is 0.0462. The predicted molar refractivity (Wildman–Crippen MR) is 98.6 cm³/mol. The van der Waals surface area contributed by atoms with Crippen LogP contribution in [0.1, 0.15) is 25.8 Å². The summed E-state index contributed by atoms with van der Waals surface area (Å²) in [6.45, 7) is 6.34. The summed E-state index contributed by atoms with van der Waals surface area (Å²) in [6, 6.07) is -0.667. The molecule has 158 valence electrons. The Balaban J connectivity index is 1.91. The maximum atomic E-state index is 13.8. The molecule has 2 aliphatic rings. The molecule has 0 saturated carbocycles. The van der Waals surface area contributed by atoms with Gasteiger partial charge in [-0.1, -0.05) is 5.16 Å². The number of ether oxygens (including phenoxy) is 1. The zero-order chi connectivity index (χ0) is 20.9. The molecule has 2 aromatic rings. The van der Waals surface area contributed by atoms with Gasteiger partial charge in [-0.2, -0.15) is 18.2 Å². The van der Waals surface area contributed by atoms with Crippen LogP contribution in [-0.4, -0.2) is 52.2 Å². The van der Waals surface area contributed by atoms with Gasteiger partial charge in [0.2, 0.25) is 5.95 Å². The lowest BCUT2D eigenvalue weighted by atomic mass is 10.1. The smallest absolute Gasteiger partial charge is 0.377 e. The van der Waals surface area contributed by atoms with Gasteiger partial charge in [-0.25, -0.2) is 0 Å². The fourth-order valence-corrected chi connectivity index (χ4v) is 4.11. The molecule has 29 heavy (non-hydrogen) atoms. The summed E-state index contributed by atoms with van der Waals surface area (Å²) >= 11 is 0. The second-order valence-corrected chi connectivity index (χ2v) is 7.53. The Bertz CT molecular complexity index is 933. The summed E-state index contributed by atoms with van der Waals surface area (Å²) in [5, 5.41) is 3.69. The Morgan fingerprint density at radius 1 is 1.21 bits per heavy atom. The van der Waals surface area contributed by atoms with E-state index in [4.69, 9.17) is 9.26 Å². The third kappa shape index (κ3) is 3.26. The largest absolute Gasteiger partial charge is 0.409 e. The maximum Gasteiger partial charge on any atom is 0.409 e. The zero-order valence-corrected chi connectivity index (χ0v) is 16.3. The number of rotatable bonds is 2. The van der Waals surface area contributed by atoms with Crippen molar-refractivity contribution < 1.29 is 22.4 Å². The van der Waals surface area contributed by atoms with E-state index >= 15 is 0 Å². The number of fused-ring (bicyclic) bond motifs is 1. The van der Waals surface area contributed by atoms with Crippen molar-refractivity contribution in [3.63, 3.8) is 0 Å². The van der Waals surface area contributed by atoms with Crippen LogP contribution in [0.3, 0.4) is 0 Å². The van der Waals surface area contributed by atoms with Crippen LogP contribution in [0, 0.1) is 6.92 Å². The van der Waals surface area contributed by atoms with Crippen molar-refractivity contribution in [3.8, 4) is 0 Å². The topological polar surface area (TPSA) is 76.6 Å². The molecule has 4 rings (SSSR count). The molecule has 0 N–H and O–H groups in total. The van der Waals surface area contributed by atoms with E-state index in [0.29, 0.717) is 24.6 Å². The van der Waals surface area contributed by atoms with E-state index in [0.717, 1.165) is 4.90 Å². The summed E-state index contributed by atoms with van der Waals surface area (Å²) in [7, 11) is 0. The standard InChI is InChI=1S/C18H22F3N5O3/c1-10-8-28-9-11(2)25(10)15-12(3)16(27)24-6-4-13(18(19,20)21)26(17(24)22-15)14-5-7-29-23-14/h5,7,10-11,13H,4,6,8-9H2,1-3H3/t10-,11-,13+/m1/s1. The van der Waals surface area contributed by atoms with Gasteiger partial charge in [0, 0.05) is 12.6 Å². The molecule has 4 heterocycles. The fourth-order valence-electron chi connectivity index (χ4n) is 4.11. The number of halogens is 3. The molecule has 0 amide bonds. The minimum absolute atomic E-state index is 0.0365. The normalized spacial score (nSPS) is 25.2. The van der Waals surface area contributed by atoms with Crippen LogP contribution in [0.15, 0.2) is 21.6 Å². The molecule has 0 radical (unpaired) electrons. The molecule has 1 saturated heterocycles. The Labute approximate surface area is 164 Å². The molecule has 11 heteroatoms. The molecular weight excluding hydrogens is 391 g/mol. The number of anilines is 3. The van der Waals surface area contributed by atoms with Crippen molar-refractivity contribution in [2.24, 2.45) is 0 Å². The Morgan fingerprint density at radius 3 is 2.48 bits per heavy atom. The van der Waals surface area contributed by atoms with Crippen LogP contribution in [0.5, 0.6) is 0 Å². The average Bonchev–Trinajstić information content (AvgIpc) is 3.18. The van der Waals surface area contributed by atoms with Gasteiger partial charge in [0.05, 0.1) is 30.9 Å². The Kier molecular flexibility index (Phi) is 4.80. The number of alkyl halides is 3. The van der Waals surface area contributed by atoms with Crippen LogP contribution in [0.2, 0.25) is 0 Å². The van der Waals surface area contributed by atoms with Gasteiger partial charge < -0.3 is 14.2 Å². The van der Waals surface area contributed by atoms with Crippen LogP contribution in [0.25, 0.3) is 0 Å². The number of aromatic nitrogens is 3. The van der Waals surface area contributed by atoms with Crippen molar-refractivity contribution in [1.82, 2.24) is 14.7 Å². The number of morpholine rings is 1. The first-order valence-corrected chi connectivity index (χ1v) is 9.44. The lowest BCUT2D eigenvalue weighted by molar-refractivity contribution is -0.150. The molecule has 0 bridgehead atoms. The summed E-state index contributed by atoms with van der Waals surface area (Å²) in [6.07, 6.45) is -3.61. The summed E-state index contributed by atoms with van der Waals surface area (Å²) in [4.78, 5) is 20.5. The lowest BCUT2D eigenvalue weighted by Crippen LogP contribution is -2.53. The van der Waals surface area contributed by atoms with Crippen LogP contribution in [0.4, 0.5) is 30.8 Å². The zero-order valence-electron chi connectivity index (χ0n) is 16.3. The van der Waals surface area contributed by atoms with E-state index in [9.17, 15) is 18.0 Å². The monoisotopic (exact) mass is 413 g/mol. The first-order chi connectivity index (χ1) is 13.7. The van der Waals surface area contributed by atoms with Gasteiger partial charge in [0.25, 0.3) is 5.56 Å². The Hall–Kier alpha value is -2.56. The SMILES string of the molecule is Cc1c(N2[C@H](C)COC[C@H]2C)nc2n(c1=O)CC[C@@H](C(F)(F)F)N2c1ccon1. The van der Waals surface area contributed by atoms with E-state index < -0.39 is 12.2 Å². The highest BCUT2D eigenvalue weighted by molar-refractivity contribution is 5.59. The number of hydrogen-bond acceptors (Lipinski definition) is 7. The molecule has 3 atom stereocenters. The quantitative estimate of drug-likeness (QED) is 0.749. The highest BCUT2D eigenvalue weighted by Crippen LogP contribution is 2.39. The molecule has 2 aromatic heterocycles. The summed E-state index contributed by atoms with van der Waals surface area (Å²) < 4.78 is 53.0. The minimum Gasteiger partial charge on any atom is -0.377 e. The molecule has 8 nitrogen and oxygen atoms in total. The van der Waals surface area contributed by atoms with Crippen LogP contribution < -0.4 is 15.4 Å². The van der Waals surface area contributed by atoms with E-state index in [1.54, 1.807) is 6.92 Å². The maximum absolute atomic E-state index is 13.8. The van der Waals surface area contributed by atoms with Gasteiger partial charge in [-0.15, -0.1) is 0 Å². The predicted octanol–water partition coefficient (Wildman–Crippen LogP) is 2.63. The minimum atomic E-state index is -4.52. The number of nitrogens with zero attached hydrogens (tertiary/aromatic N) is 5. The lowest BCUT2D eigenvalue weighted by Gasteiger charge is -2.42. The molecule has 0 unspecified atom stereocenters. The molecule has 1 fully saturated rings. The van der Waals surface area contributed by atoms with E-state index in [1.165, 1.54) is 16.9 Å². The molecule has 0 spiro atoms. The molecule has 2 aliphatic heterocycles. The molecule has 0 aromatic carbocycles. The van der Waals surface area contributed by atoms with Crippen molar-refractivity contribution in [1.29, 1.82) is 0 Å². The number of hydrogen-bond donors (Lipinski definition) is 0. The van der Waals surface area contributed by atoms with Crippen molar-refractivity contribution >= 4 is 17.6 Å². The summed E-state index contributed by atoms with van der Waals surface area (Å²) in [5.74, 6) is 0.260. The van der Waals surface area contributed by atoms with Crippen LogP contribution in [-0.2, 0) is 11.3 Å². The van der Waals surface area contributed by atoms with Gasteiger partial charge in [0.1, 0.15) is 18.1 Å². The molecule has 0 aliphatic carbocycles. The van der Waals surface area contributed by atoms with Crippen molar-refractivity contribution in [2.45, 2.75) is 58.0 Å². The highest BCUT2D eigenvalue weighted by Gasteiger charge is 2.48. The van der Waals surface area contributed by atoms with E-state index in [2.05, 4.69) is 10.1 Å². The van der Waals surface area contributed by atoms with Gasteiger partial charge in [0.15, 0.2) is 5.82 Å². The third-order valence-corrected chi connectivity index (χ3v) is 5.46. The highest BCUT2D eigenvalue weighted by atomic mass is 19.4. The van der Waals surface area contributed by atoms with E-state index in [1.807, 2.05) is 18.7 Å². The molecular formula is C18H22F3N5O3. The average molecular weight is 413 g/mol. The van der Waals surface area contributed by atoms with Crippen molar-refractivity contribution in [2.75, 3.05) is 23.0 Å². The third-order valence-electron chi connectivity index (χ3n) is 5.46. The fraction of sp³-hybridized carbons (Fsp3) is 0.611. The Morgan fingerprint density at radius 2 is 1.90 bits per heavy atom. The van der Waals surface area contributed by atoms with Crippen molar-refractivity contribution in [3.05, 3.63) is 28.2 Å². The van der Waals surface area contributed by atoms with Crippen LogP contribution >= 0.6 is 0 Å². The first-order valence-electron chi connectivity index (χ1n) is 9.44. The van der Waals surface area contributed by atoms with Gasteiger partial charge in [-0.3, -0.25) is 14.3 Å². The van der Waals surface area contributed by atoms with Gasteiger partial charge in [-0.05, 0) is 27.2 Å².